The van der Waals surface area contributed by atoms with Crippen LogP contribution in [0.4, 0.5) is 0 Å². The molecule has 1 unspecified atom stereocenters. The Labute approximate surface area is 114 Å². The molecule has 1 aliphatic heterocycles. The van der Waals surface area contributed by atoms with Crippen molar-refractivity contribution in [3.8, 4) is 5.75 Å². The van der Waals surface area contributed by atoms with Gasteiger partial charge >= 0.3 is 0 Å². The molecule has 0 aromatic heterocycles. The number of carbonyl (C=O) groups excluding carboxylic acids is 1. The molecule has 1 aromatic rings. The highest BCUT2D eigenvalue weighted by molar-refractivity contribution is 5.77. The average Bonchev–Trinajstić information content (AvgIpc) is 2.80. The molecule has 1 heterocycles. The number of likely N-dealkylation sites (tertiary alicyclic amines) is 1. The van der Waals surface area contributed by atoms with Gasteiger partial charge in [0.25, 0.3) is 5.91 Å². The number of ether oxygens (including phenoxy) is 1. The van der Waals surface area contributed by atoms with Gasteiger partial charge in [0.2, 0.25) is 0 Å². The molecule has 0 aliphatic carbocycles. The fraction of sp³-hybridized carbons (Fsp3) is 0.533. The zero-order chi connectivity index (χ0) is 13.7. The highest BCUT2D eigenvalue weighted by Gasteiger charge is 2.19. The third-order valence-corrected chi connectivity index (χ3v) is 3.44. The summed E-state index contributed by atoms with van der Waals surface area (Å²) in [6.45, 7) is 5.04. The zero-order valence-corrected chi connectivity index (χ0v) is 11.7. The first-order valence-electron chi connectivity index (χ1n) is 6.78. The van der Waals surface area contributed by atoms with E-state index in [1.54, 1.807) is 0 Å². The monoisotopic (exact) mass is 262 g/mol. The maximum Gasteiger partial charge on any atom is 0.257 e. The number of hydrogen-bond donors (Lipinski definition) is 1. The van der Waals surface area contributed by atoms with Gasteiger partial charge in [-0.05, 0) is 50.6 Å². The number of hydrogen-bond acceptors (Lipinski definition) is 3. The van der Waals surface area contributed by atoms with E-state index in [2.05, 4.69) is 17.3 Å². The number of amides is 1. The highest BCUT2D eigenvalue weighted by atomic mass is 16.5. The molecular weight excluding hydrogens is 240 g/mol. The summed E-state index contributed by atoms with van der Waals surface area (Å²) >= 11 is 0. The van der Waals surface area contributed by atoms with Gasteiger partial charge in [-0.25, -0.2) is 0 Å². The van der Waals surface area contributed by atoms with Crippen LogP contribution in [0.1, 0.15) is 12.0 Å². The van der Waals surface area contributed by atoms with Gasteiger partial charge in [0, 0.05) is 13.1 Å². The summed E-state index contributed by atoms with van der Waals surface area (Å²) < 4.78 is 5.46. The predicted molar refractivity (Wildman–Crippen MR) is 75.3 cm³/mol. The van der Waals surface area contributed by atoms with Crippen LogP contribution in [-0.4, -0.2) is 44.1 Å². The van der Waals surface area contributed by atoms with Crippen molar-refractivity contribution in [3.05, 3.63) is 29.8 Å². The van der Waals surface area contributed by atoms with Crippen LogP contribution >= 0.6 is 0 Å². The van der Waals surface area contributed by atoms with Crippen molar-refractivity contribution >= 4 is 5.91 Å². The van der Waals surface area contributed by atoms with Gasteiger partial charge < -0.3 is 15.0 Å². The third-order valence-electron chi connectivity index (χ3n) is 3.44. The first-order chi connectivity index (χ1) is 9.13. The Balaban J connectivity index is 1.67. The summed E-state index contributed by atoms with van der Waals surface area (Å²) in [4.78, 5) is 14.0. The maximum atomic E-state index is 11.7. The molecule has 1 atom stereocenters. The van der Waals surface area contributed by atoms with Crippen LogP contribution in [0, 0.1) is 12.8 Å². The molecule has 0 spiro atoms. The fourth-order valence-corrected chi connectivity index (χ4v) is 2.36. The topological polar surface area (TPSA) is 41.6 Å². The van der Waals surface area contributed by atoms with Crippen LogP contribution in [0.15, 0.2) is 24.3 Å². The molecule has 19 heavy (non-hydrogen) atoms. The van der Waals surface area contributed by atoms with Crippen molar-refractivity contribution in [2.24, 2.45) is 5.92 Å². The second-order valence-corrected chi connectivity index (χ2v) is 5.33. The molecule has 1 fully saturated rings. The molecule has 1 N–H and O–H groups in total. The molecule has 1 saturated heterocycles. The van der Waals surface area contributed by atoms with Crippen LogP contribution in [0.3, 0.4) is 0 Å². The van der Waals surface area contributed by atoms with E-state index in [0.29, 0.717) is 5.92 Å². The molecule has 104 valence electrons. The molecular formula is C15H22N2O2. The Bertz CT molecular complexity index is 434. The molecule has 0 radical (unpaired) electrons. The molecule has 1 aromatic carbocycles. The summed E-state index contributed by atoms with van der Waals surface area (Å²) in [5.74, 6) is 1.28. The van der Waals surface area contributed by atoms with E-state index in [1.807, 2.05) is 31.2 Å². The van der Waals surface area contributed by atoms with Gasteiger partial charge in [-0.3, -0.25) is 4.79 Å². The van der Waals surface area contributed by atoms with Gasteiger partial charge in [0.05, 0.1) is 0 Å². The van der Waals surface area contributed by atoms with E-state index in [-0.39, 0.29) is 12.5 Å². The van der Waals surface area contributed by atoms with Crippen LogP contribution < -0.4 is 10.1 Å². The summed E-state index contributed by atoms with van der Waals surface area (Å²) in [6.07, 6.45) is 1.16. The summed E-state index contributed by atoms with van der Waals surface area (Å²) in [5.41, 5.74) is 1.13. The average molecular weight is 262 g/mol. The van der Waals surface area contributed by atoms with Crippen molar-refractivity contribution in [1.29, 1.82) is 0 Å². The fourth-order valence-electron chi connectivity index (χ4n) is 2.36. The minimum absolute atomic E-state index is 0.0453. The van der Waals surface area contributed by atoms with Crippen LogP contribution in [0.2, 0.25) is 0 Å². The molecule has 4 nitrogen and oxygen atoms in total. The van der Waals surface area contributed by atoms with Crippen molar-refractivity contribution < 1.29 is 9.53 Å². The first kappa shape index (κ1) is 13.9. The van der Waals surface area contributed by atoms with E-state index in [9.17, 15) is 4.79 Å². The summed E-state index contributed by atoms with van der Waals surface area (Å²) in [7, 11) is 2.11. The highest BCUT2D eigenvalue weighted by Crippen LogP contribution is 2.13. The van der Waals surface area contributed by atoms with Crippen molar-refractivity contribution in [2.75, 3.05) is 33.3 Å². The zero-order valence-electron chi connectivity index (χ0n) is 11.7. The Morgan fingerprint density at radius 2 is 2.37 bits per heavy atom. The second-order valence-electron chi connectivity index (χ2n) is 5.33. The Morgan fingerprint density at radius 1 is 1.53 bits per heavy atom. The first-order valence-corrected chi connectivity index (χ1v) is 6.78. The van der Waals surface area contributed by atoms with Crippen LogP contribution in [0.5, 0.6) is 5.75 Å². The lowest BCUT2D eigenvalue weighted by atomic mass is 10.1. The van der Waals surface area contributed by atoms with Gasteiger partial charge in [0.15, 0.2) is 6.61 Å². The maximum absolute atomic E-state index is 11.7. The van der Waals surface area contributed by atoms with Crippen molar-refractivity contribution in [1.82, 2.24) is 10.2 Å². The van der Waals surface area contributed by atoms with E-state index in [1.165, 1.54) is 0 Å². The van der Waals surface area contributed by atoms with Gasteiger partial charge in [0.1, 0.15) is 5.75 Å². The number of nitrogens with zero attached hydrogens (tertiary/aromatic N) is 1. The molecule has 2 rings (SSSR count). The van der Waals surface area contributed by atoms with E-state index in [0.717, 1.165) is 37.4 Å². The molecule has 0 saturated carbocycles. The summed E-state index contributed by atoms with van der Waals surface area (Å²) in [5, 5.41) is 2.94. The SMILES string of the molecule is Cc1cccc(OCC(=O)NCC2CCN(C)C2)c1. The van der Waals surface area contributed by atoms with Crippen molar-refractivity contribution in [3.63, 3.8) is 0 Å². The van der Waals surface area contributed by atoms with Gasteiger partial charge in [-0.2, -0.15) is 0 Å². The number of nitrogens with one attached hydrogen (secondary N) is 1. The standard InChI is InChI=1S/C15H22N2O2/c1-12-4-3-5-14(8-12)19-11-15(18)16-9-13-6-7-17(2)10-13/h3-5,8,13H,6-7,9-11H2,1-2H3,(H,16,18). The third kappa shape index (κ3) is 4.56. The Hall–Kier alpha value is -1.55. The normalized spacial score (nSPS) is 19.4. The molecule has 4 heteroatoms. The largest absolute Gasteiger partial charge is 0.484 e. The second kappa shape index (κ2) is 6.57. The Morgan fingerprint density at radius 3 is 3.05 bits per heavy atom. The van der Waals surface area contributed by atoms with Crippen LogP contribution in [0.25, 0.3) is 0 Å². The number of carbonyl (C=O) groups is 1. The lowest BCUT2D eigenvalue weighted by Crippen LogP contribution is -2.33. The molecule has 1 aliphatic rings. The molecule has 0 bridgehead atoms. The molecule has 1 amide bonds. The number of benzene rings is 1. The van der Waals surface area contributed by atoms with Crippen LogP contribution in [-0.2, 0) is 4.79 Å². The van der Waals surface area contributed by atoms with Crippen molar-refractivity contribution in [2.45, 2.75) is 13.3 Å². The van der Waals surface area contributed by atoms with Gasteiger partial charge in [-0.1, -0.05) is 12.1 Å². The predicted octanol–water partition coefficient (Wildman–Crippen LogP) is 1.44. The number of aryl methyl sites for hydroxylation is 1. The lowest BCUT2D eigenvalue weighted by Gasteiger charge is -2.12. The minimum atomic E-state index is -0.0453. The quantitative estimate of drug-likeness (QED) is 0.873. The van der Waals surface area contributed by atoms with E-state index in [4.69, 9.17) is 4.74 Å². The van der Waals surface area contributed by atoms with E-state index >= 15 is 0 Å². The Kier molecular flexibility index (Phi) is 4.80. The minimum Gasteiger partial charge on any atom is -0.484 e. The lowest BCUT2D eigenvalue weighted by molar-refractivity contribution is -0.123. The smallest absolute Gasteiger partial charge is 0.257 e. The number of rotatable bonds is 5. The summed E-state index contributed by atoms with van der Waals surface area (Å²) in [6, 6.07) is 7.73. The van der Waals surface area contributed by atoms with Gasteiger partial charge in [-0.15, -0.1) is 0 Å². The van der Waals surface area contributed by atoms with E-state index < -0.39 is 0 Å².